The first-order valence-electron chi connectivity index (χ1n) is 3.37. The molecule has 3 N–H and O–H groups in total. The van der Waals surface area contributed by atoms with Crippen LogP contribution in [0.1, 0.15) is 27.2 Å². The molecule has 0 heterocycles. The van der Waals surface area contributed by atoms with Gasteiger partial charge in [0.1, 0.15) is 0 Å². The number of rotatable bonds is 3. The van der Waals surface area contributed by atoms with Gasteiger partial charge in [0.15, 0.2) is 0 Å². The maximum absolute atomic E-state index is 8.60. The van der Waals surface area contributed by atoms with E-state index in [1.807, 2.05) is 6.92 Å². The van der Waals surface area contributed by atoms with Crippen LogP contribution in [0, 0.1) is 5.41 Å². The Hall–Kier alpha value is -0.0800. The third-order valence-electron chi connectivity index (χ3n) is 1.99. The first kappa shape index (κ1) is 8.92. The minimum atomic E-state index is 0.0781. The Labute approximate surface area is 57.1 Å². The smallest absolute Gasteiger partial charge is 0.0436 e. The molecule has 0 aliphatic carbocycles. The number of hydrogen-bond donors (Lipinski definition) is 2. The van der Waals surface area contributed by atoms with Gasteiger partial charge in [-0.05, 0) is 18.8 Å². The molecular formula is C7H17NO. The predicted octanol–water partition coefficient (Wildman–Crippen LogP) is 0.742. The summed E-state index contributed by atoms with van der Waals surface area (Å²) in [5.41, 5.74) is 5.72. The maximum Gasteiger partial charge on any atom is 0.0436 e. The van der Waals surface area contributed by atoms with Crippen molar-refractivity contribution in [2.45, 2.75) is 33.2 Å². The predicted molar refractivity (Wildman–Crippen MR) is 39.1 cm³/mol. The summed E-state index contributed by atoms with van der Waals surface area (Å²) in [7, 11) is 0. The molecule has 0 amide bonds. The highest BCUT2D eigenvalue weighted by Gasteiger charge is 2.21. The van der Waals surface area contributed by atoms with Gasteiger partial charge in [-0.25, -0.2) is 0 Å². The van der Waals surface area contributed by atoms with Gasteiger partial charge in [-0.1, -0.05) is 13.8 Å². The van der Waals surface area contributed by atoms with Crippen LogP contribution in [-0.2, 0) is 0 Å². The van der Waals surface area contributed by atoms with Gasteiger partial charge >= 0.3 is 0 Å². The third kappa shape index (κ3) is 2.82. The molecule has 2 heteroatoms. The Bertz CT molecular complexity index is 79.0. The molecule has 0 aliphatic heterocycles. The molecule has 0 rings (SSSR count). The second kappa shape index (κ2) is 3.18. The molecule has 0 radical (unpaired) electrons. The second-order valence-corrected chi connectivity index (χ2v) is 3.25. The zero-order valence-electron chi connectivity index (χ0n) is 6.52. The van der Waals surface area contributed by atoms with Gasteiger partial charge in [-0.15, -0.1) is 0 Å². The standard InChI is InChI=1S/C7H17NO/c1-6(8)7(2,3)4-5-9/h6,9H,4-5,8H2,1-3H3. The van der Waals surface area contributed by atoms with Crippen molar-refractivity contribution < 1.29 is 5.11 Å². The van der Waals surface area contributed by atoms with E-state index in [1.165, 1.54) is 0 Å². The first-order valence-corrected chi connectivity index (χ1v) is 3.37. The summed E-state index contributed by atoms with van der Waals surface area (Å²) in [4.78, 5) is 0. The monoisotopic (exact) mass is 131 g/mol. The lowest BCUT2D eigenvalue weighted by Crippen LogP contribution is -2.35. The highest BCUT2D eigenvalue weighted by molar-refractivity contribution is 4.76. The Morgan fingerprint density at radius 2 is 2.00 bits per heavy atom. The molecule has 0 spiro atoms. The summed E-state index contributed by atoms with van der Waals surface area (Å²) in [6.07, 6.45) is 0.782. The molecule has 2 nitrogen and oxygen atoms in total. The van der Waals surface area contributed by atoms with Gasteiger partial charge in [0.25, 0.3) is 0 Å². The lowest BCUT2D eigenvalue weighted by atomic mass is 9.83. The molecule has 9 heavy (non-hydrogen) atoms. The fraction of sp³-hybridized carbons (Fsp3) is 1.00. The van der Waals surface area contributed by atoms with E-state index in [0.29, 0.717) is 0 Å². The van der Waals surface area contributed by atoms with Crippen LogP contribution in [0.3, 0.4) is 0 Å². The van der Waals surface area contributed by atoms with Gasteiger partial charge in [0, 0.05) is 12.6 Å². The van der Waals surface area contributed by atoms with E-state index in [2.05, 4.69) is 13.8 Å². The summed E-state index contributed by atoms with van der Waals surface area (Å²) < 4.78 is 0. The molecule has 0 saturated heterocycles. The SMILES string of the molecule is CC(N)C(C)(C)CCO. The number of hydrogen-bond acceptors (Lipinski definition) is 2. The number of nitrogens with two attached hydrogens (primary N) is 1. The van der Waals surface area contributed by atoms with Gasteiger partial charge in [-0.3, -0.25) is 0 Å². The Morgan fingerprint density at radius 1 is 1.56 bits per heavy atom. The topological polar surface area (TPSA) is 46.2 Å². The summed E-state index contributed by atoms with van der Waals surface area (Å²) in [6, 6.07) is 0.157. The molecule has 1 unspecified atom stereocenters. The van der Waals surface area contributed by atoms with E-state index in [-0.39, 0.29) is 18.1 Å². The third-order valence-corrected chi connectivity index (χ3v) is 1.99. The average molecular weight is 131 g/mol. The van der Waals surface area contributed by atoms with E-state index < -0.39 is 0 Å². The zero-order chi connectivity index (χ0) is 7.49. The van der Waals surface area contributed by atoms with Crippen molar-refractivity contribution in [3.05, 3.63) is 0 Å². The minimum Gasteiger partial charge on any atom is -0.396 e. The fourth-order valence-corrected chi connectivity index (χ4v) is 0.516. The number of aliphatic hydroxyl groups is 1. The molecule has 0 saturated carbocycles. The van der Waals surface area contributed by atoms with Crippen LogP contribution in [0.4, 0.5) is 0 Å². The zero-order valence-corrected chi connectivity index (χ0v) is 6.52. The van der Waals surface area contributed by atoms with Crippen molar-refractivity contribution in [2.24, 2.45) is 11.1 Å². The lowest BCUT2D eigenvalue weighted by molar-refractivity contribution is 0.190. The summed E-state index contributed by atoms with van der Waals surface area (Å²) >= 11 is 0. The average Bonchev–Trinajstić information content (AvgIpc) is 1.65. The van der Waals surface area contributed by atoms with Crippen LogP contribution in [0.15, 0.2) is 0 Å². The maximum atomic E-state index is 8.60. The van der Waals surface area contributed by atoms with E-state index >= 15 is 0 Å². The fourth-order valence-electron chi connectivity index (χ4n) is 0.516. The van der Waals surface area contributed by atoms with Crippen molar-refractivity contribution in [1.82, 2.24) is 0 Å². The first-order chi connectivity index (χ1) is 4.00. The van der Waals surface area contributed by atoms with Crippen LogP contribution < -0.4 is 5.73 Å². The van der Waals surface area contributed by atoms with Crippen molar-refractivity contribution >= 4 is 0 Å². The van der Waals surface area contributed by atoms with Crippen LogP contribution in [-0.4, -0.2) is 17.8 Å². The van der Waals surface area contributed by atoms with Crippen LogP contribution >= 0.6 is 0 Å². The number of aliphatic hydroxyl groups excluding tert-OH is 1. The van der Waals surface area contributed by atoms with E-state index in [9.17, 15) is 0 Å². The molecule has 0 bridgehead atoms. The van der Waals surface area contributed by atoms with E-state index in [4.69, 9.17) is 10.8 Å². The normalized spacial score (nSPS) is 15.7. The molecule has 0 aliphatic rings. The van der Waals surface area contributed by atoms with Crippen molar-refractivity contribution in [3.63, 3.8) is 0 Å². The molecule has 1 atom stereocenters. The van der Waals surface area contributed by atoms with Crippen molar-refractivity contribution in [2.75, 3.05) is 6.61 Å². The molecule has 0 aromatic carbocycles. The van der Waals surface area contributed by atoms with Gasteiger partial charge in [0.2, 0.25) is 0 Å². The highest BCUT2D eigenvalue weighted by Crippen LogP contribution is 2.22. The summed E-state index contributed by atoms with van der Waals surface area (Å²) in [5.74, 6) is 0. The molecular weight excluding hydrogens is 114 g/mol. The van der Waals surface area contributed by atoms with E-state index in [1.54, 1.807) is 0 Å². The Kier molecular flexibility index (Phi) is 3.15. The van der Waals surface area contributed by atoms with Gasteiger partial charge in [-0.2, -0.15) is 0 Å². The Balaban J connectivity index is 3.70. The molecule has 0 aromatic rings. The minimum absolute atomic E-state index is 0.0781. The van der Waals surface area contributed by atoms with Crippen LogP contribution in [0.2, 0.25) is 0 Å². The molecule has 0 fully saturated rings. The van der Waals surface area contributed by atoms with Crippen molar-refractivity contribution in [3.8, 4) is 0 Å². The molecule has 56 valence electrons. The second-order valence-electron chi connectivity index (χ2n) is 3.25. The quantitative estimate of drug-likeness (QED) is 0.593. The van der Waals surface area contributed by atoms with E-state index in [0.717, 1.165) is 6.42 Å². The van der Waals surface area contributed by atoms with Crippen LogP contribution in [0.25, 0.3) is 0 Å². The summed E-state index contributed by atoms with van der Waals surface area (Å²) in [6.45, 7) is 6.33. The van der Waals surface area contributed by atoms with Gasteiger partial charge < -0.3 is 10.8 Å². The van der Waals surface area contributed by atoms with Crippen LogP contribution in [0.5, 0.6) is 0 Å². The summed E-state index contributed by atoms with van der Waals surface area (Å²) in [5, 5.41) is 8.60. The highest BCUT2D eigenvalue weighted by atomic mass is 16.3. The Morgan fingerprint density at radius 3 is 2.11 bits per heavy atom. The van der Waals surface area contributed by atoms with Gasteiger partial charge in [0.05, 0.1) is 0 Å². The largest absolute Gasteiger partial charge is 0.396 e. The molecule has 0 aromatic heterocycles. The lowest BCUT2D eigenvalue weighted by Gasteiger charge is -2.27. The van der Waals surface area contributed by atoms with Crippen molar-refractivity contribution in [1.29, 1.82) is 0 Å².